The summed E-state index contributed by atoms with van der Waals surface area (Å²) in [6, 6.07) is 1.03. The van der Waals surface area contributed by atoms with Crippen LogP contribution in [0, 0.1) is 0 Å². The fraction of sp³-hybridized carbons (Fsp3) is 1.00. The average molecular weight is 230 g/mol. The maximum Gasteiger partial charge on any atom is 0.0959 e. The van der Waals surface area contributed by atoms with Crippen molar-refractivity contribution in [3.05, 3.63) is 0 Å². The van der Waals surface area contributed by atoms with Gasteiger partial charge < -0.3 is 10.4 Å². The average Bonchev–Trinajstić information content (AvgIpc) is 2.32. The van der Waals surface area contributed by atoms with Crippen molar-refractivity contribution >= 4 is 0 Å². The van der Waals surface area contributed by atoms with E-state index in [1.54, 1.807) is 0 Å². The Morgan fingerprint density at radius 2 is 1.75 bits per heavy atom. The second kappa shape index (κ2) is 10.1. The van der Waals surface area contributed by atoms with E-state index in [0.29, 0.717) is 12.1 Å². The Hall–Kier alpha value is -0.120. The molecular weight excluding hydrogens is 200 g/mol. The molecule has 3 nitrogen and oxygen atoms in total. The molecule has 0 aromatic heterocycles. The van der Waals surface area contributed by atoms with Gasteiger partial charge in [-0.2, -0.15) is 0 Å². The number of hydrogen-bond acceptors (Lipinski definition) is 3. The summed E-state index contributed by atoms with van der Waals surface area (Å²) >= 11 is 0. The summed E-state index contributed by atoms with van der Waals surface area (Å²) in [5.74, 6) is 0. The fourth-order valence-electron chi connectivity index (χ4n) is 2.26. The second-order valence-corrected chi connectivity index (χ2v) is 4.54. The van der Waals surface area contributed by atoms with Crippen LogP contribution in [-0.4, -0.2) is 42.4 Å². The van der Waals surface area contributed by atoms with Crippen molar-refractivity contribution in [2.45, 2.75) is 65.0 Å². The zero-order valence-electron chi connectivity index (χ0n) is 11.5. The first-order chi connectivity index (χ1) is 7.73. The van der Waals surface area contributed by atoms with E-state index in [0.717, 1.165) is 13.0 Å². The van der Waals surface area contributed by atoms with Crippen LogP contribution in [0.15, 0.2) is 0 Å². The predicted molar refractivity (Wildman–Crippen MR) is 70.5 cm³/mol. The number of nitrogens with zero attached hydrogens (tertiary/aromatic N) is 1. The molecule has 0 heterocycles. The summed E-state index contributed by atoms with van der Waals surface area (Å²) < 4.78 is 0. The third kappa shape index (κ3) is 5.83. The quantitative estimate of drug-likeness (QED) is 0.565. The second-order valence-electron chi connectivity index (χ2n) is 4.54. The monoisotopic (exact) mass is 230 g/mol. The van der Waals surface area contributed by atoms with Gasteiger partial charge in [0, 0.05) is 18.6 Å². The van der Waals surface area contributed by atoms with E-state index in [1.165, 1.54) is 25.7 Å². The highest BCUT2D eigenvalue weighted by Crippen LogP contribution is 2.12. The summed E-state index contributed by atoms with van der Waals surface area (Å²) in [6.07, 6.45) is 5.86. The topological polar surface area (TPSA) is 35.5 Å². The summed E-state index contributed by atoms with van der Waals surface area (Å²) in [6.45, 7) is 7.76. The number of hydrogen-bond donors (Lipinski definition) is 2. The Labute approximate surface area is 101 Å². The van der Waals surface area contributed by atoms with Crippen molar-refractivity contribution < 1.29 is 5.11 Å². The predicted octanol–water partition coefficient (Wildman–Crippen LogP) is 2.21. The lowest BCUT2D eigenvalue weighted by Gasteiger charge is -2.32. The molecule has 0 aromatic carbocycles. The third-order valence-corrected chi connectivity index (χ3v) is 3.29. The van der Waals surface area contributed by atoms with Gasteiger partial charge in [0.05, 0.1) is 6.73 Å². The molecule has 0 fully saturated rings. The lowest BCUT2D eigenvalue weighted by Crippen LogP contribution is -2.44. The number of aliphatic hydroxyl groups excluding tert-OH is 1. The molecule has 0 aliphatic heterocycles. The van der Waals surface area contributed by atoms with Crippen molar-refractivity contribution in [3.8, 4) is 0 Å². The van der Waals surface area contributed by atoms with Gasteiger partial charge in [0.15, 0.2) is 0 Å². The highest BCUT2D eigenvalue weighted by molar-refractivity contribution is 4.74. The van der Waals surface area contributed by atoms with Gasteiger partial charge in [-0.05, 0) is 26.3 Å². The first-order valence-corrected chi connectivity index (χ1v) is 6.75. The lowest BCUT2D eigenvalue weighted by molar-refractivity contribution is 0.0525. The van der Waals surface area contributed by atoms with Crippen LogP contribution >= 0.6 is 0 Å². The standard InChI is InChI=1S/C13H30N2O/c1-5-8-12(14-4)10-15(11-16)13(7-3)9-6-2/h12-14,16H,5-11H2,1-4H3. The summed E-state index contributed by atoms with van der Waals surface area (Å²) in [7, 11) is 2.01. The van der Waals surface area contributed by atoms with Crippen molar-refractivity contribution in [2.24, 2.45) is 0 Å². The van der Waals surface area contributed by atoms with Crippen LogP contribution in [0.1, 0.15) is 52.9 Å². The van der Waals surface area contributed by atoms with E-state index in [2.05, 4.69) is 31.0 Å². The van der Waals surface area contributed by atoms with Gasteiger partial charge in [0.25, 0.3) is 0 Å². The molecule has 0 saturated carbocycles. The van der Waals surface area contributed by atoms with E-state index in [-0.39, 0.29) is 6.73 Å². The van der Waals surface area contributed by atoms with Crippen LogP contribution in [0.4, 0.5) is 0 Å². The van der Waals surface area contributed by atoms with E-state index >= 15 is 0 Å². The maximum absolute atomic E-state index is 9.46. The molecule has 2 unspecified atom stereocenters. The Kier molecular flexibility index (Phi) is 9.99. The fourth-order valence-corrected chi connectivity index (χ4v) is 2.26. The first-order valence-electron chi connectivity index (χ1n) is 6.75. The minimum atomic E-state index is 0.181. The molecule has 3 heteroatoms. The molecule has 2 atom stereocenters. The number of rotatable bonds is 10. The van der Waals surface area contributed by atoms with Crippen LogP contribution in [0.2, 0.25) is 0 Å². The lowest BCUT2D eigenvalue weighted by atomic mass is 10.1. The molecule has 2 N–H and O–H groups in total. The number of aliphatic hydroxyl groups is 1. The largest absolute Gasteiger partial charge is 0.381 e. The SMILES string of the molecule is CCCC(CN(CO)C(CC)CCC)NC. The molecule has 16 heavy (non-hydrogen) atoms. The molecule has 0 amide bonds. The van der Waals surface area contributed by atoms with Crippen molar-refractivity contribution in [1.29, 1.82) is 0 Å². The molecule has 0 saturated heterocycles. The van der Waals surface area contributed by atoms with E-state index in [1.807, 2.05) is 7.05 Å². The Balaban J connectivity index is 4.22. The molecule has 98 valence electrons. The highest BCUT2D eigenvalue weighted by atomic mass is 16.3. The summed E-state index contributed by atoms with van der Waals surface area (Å²) in [4.78, 5) is 2.21. The first kappa shape index (κ1) is 15.9. The Morgan fingerprint density at radius 1 is 1.12 bits per heavy atom. The summed E-state index contributed by atoms with van der Waals surface area (Å²) in [5, 5.41) is 12.8. The van der Waals surface area contributed by atoms with Gasteiger partial charge in [-0.15, -0.1) is 0 Å². The smallest absolute Gasteiger partial charge is 0.0959 e. The number of likely N-dealkylation sites (N-methyl/N-ethyl adjacent to an activating group) is 1. The molecule has 0 aliphatic carbocycles. The number of nitrogens with one attached hydrogen (secondary N) is 1. The van der Waals surface area contributed by atoms with Crippen molar-refractivity contribution in [2.75, 3.05) is 20.3 Å². The Bertz CT molecular complexity index is 153. The third-order valence-electron chi connectivity index (χ3n) is 3.29. The molecule has 0 rings (SSSR count). The molecule has 0 radical (unpaired) electrons. The molecule has 0 aliphatic rings. The van der Waals surface area contributed by atoms with Gasteiger partial charge in [0.1, 0.15) is 0 Å². The Morgan fingerprint density at radius 3 is 2.12 bits per heavy atom. The highest BCUT2D eigenvalue weighted by Gasteiger charge is 2.18. The molecule has 0 aromatic rings. The normalized spacial score (nSPS) is 15.4. The van der Waals surface area contributed by atoms with Crippen LogP contribution in [0.3, 0.4) is 0 Å². The van der Waals surface area contributed by atoms with Crippen LogP contribution in [-0.2, 0) is 0 Å². The molecule has 0 bridgehead atoms. The van der Waals surface area contributed by atoms with Gasteiger partial charge in [-0.1, -0.05) is 33.6 Å². The zero-order chi connectivity index (χ0) is 12.4. The minimum Gasteiger partial charge on any atom is -0.381 e. The van der Waals surface area contributed by atoms with Crippen molar-refractivity contribution in [1.82, 2.24) is 10.2 Å². The van der Waals surface area contributed by atoms with Crippen LogP contribution in [0.25, 0.3) is 0 Å². The van der Waals surface area contributed by atoms with Crippen LogP contribution in [0.5, 0.6) is 0 Å². The summed E-state index contributed by atoms with van der Waals surface area (Å²) in [5.41, 5.74) is 0. The molecule has 0 spiro atoms. The van der Waals surface area contributed by atoms with E-state index in [9.17, 15) is 5.11 Å². The van der Waals surface area contributed by atoms with E-state index < -0.39 is 0 Å². The molecular formula is C13H30N2O. The maximum atomic E-state index is 9.46. The van der Waals surface area contributed by atoms with Crippen molar-refractivity contribution in [3.63, 3.8) is 0 Å². The van der Waals surface area contributed by atoms with Gasteiger partial charge in [-0.3, -0.25) is 4.90 Å². The van der Waals surface area contributed by atoms with E-state index in [4.69, 9.17) is 0 Å². The minimum absolute atomic E-state index is 0.181. The van der Waals surface area contributed by atoms with Gasteiger partial charge in [-0.25, -0.2) is 0 Å². The zero-order valence-corrected chi connectivity index (χ0v) is 11.5. The van der Waals surface area contributed by atoms with Gasteiger partial charge >= 0.3 is 0 Å². The van der Waals surface area contributed by atoms with Gasteiger partial charge in [0.2, 0.25) is 0 Å². The van der Waals surface area contributed by atoms with Crippen LogP contribution < -0.4 is 5.32 Å².